The van der Waals surface area contributed by atoms with Crippen molar-refractivity contribution < 1.29 is 14.3 Å². The molecule has 1 unspecified atom stereocenters. The van der Waals surface area contributed by atoms with Crippen molar-refractivity contribution in [3.8, 4) is 0 Å². The van der Waals surface area contributed by atoms with Crippen molar-refractivity contribution in [3.05, 3.63) is 0 Å². The van der Waals surface area contributed by atoms with Gasteiger partial charge in [0.1, 0.15) is 0 Å². The van der Waals surface area contributed by atoms with Crippen molar-refractivity contribution in [2.24, 2.45) is 11.3 Å². The van der Waals surface area contributed by atoms with Gasteiger partial charge in [0, 0.05) is 44.2 Å². The molecule has 0 aromatic heterocycles. The highest BCUT2D eigenvalue weighted by Gasteiger charge is 2.51. The smallest absolute Gasteiger partial charge is 0.225 e. The number of nitrogens with one attached hydrogen (secondary N) is 1. The molecule has 23 heavy (non-hydrogen) atoms. The summed E-state index contributed by atoms with van der Waals surface area (Å²) in [5, 5.41) is 3.29. The van der Waals surface area contributed by atoms with Crippen LogP contribution in [0.15, 0.2) is 0 Å². The first-order valence-electron chi connectivity index (χ1n) is 9.30. The molecule has 5 heteroatoms. The van der Waals surface area contributed by atoms with E-state index in [1.54, 1.807) is 0 Å². The van der Waals surface area contributed by atoms with Crippen LogP contribution in [0.4, 0.5) is 0 Å². The number of rotatable bonds is 3. The molecule has 1 atom stereocenters. The number of hydrogen-bond donors (Lipinski definition) is 1. The third-order valence-electron chi connectivity index (χ3n) is 6.06. The van der Waals surface area contributed by atoms with Crippen LogP contribution in [0.1, 0.15) is 58.3 Å². The summed E-state index contributed by atoms with van der Waals surface area (Å²) in [6.45, 7) is 4.63. The predicted octanol–water partition coefficient (Wildman–Crippen LogP) is 2.10. The zero-order valence-corrected chi connectivity index (χ0v) is 14.3. The second-order valence-corrected chi connectivity index (χ2v) is 7.50. The van der Waals surface area contributed by atoms with Gasteiger partial charge in [-0.1, -0.05) is 26.2 Å². The molecule has 130 valence electrons. The molecule has 5 nitrogen and oxygen atoms in total. The molecular weight excluding hydrogens is 292 g/mol. The first-order chi connectivity index (χ1) is 11.1. The van der Waals surface area contributed by atoms with Gasteiger partial charge in [0.15, 0.2) is 0 Å². The normalized spacial score (nSPS) is 28.0. The number of ether oxygens (including phenoxy) is 1. The van der Waals surface area contributed by atoms with Crippen LogP contribution in [0.5, 0.6) is 0 Å². The summed E-state index contributed by atoms with van der Waals surface area (Å²) in [6.07, 6.45) is 8.23. The Kier molecular flexibility index (Phi) is 5.24. The molecule has 2 saturated heterocycles. The molecule has 3 aliphatic rings. The second-order valence-electron chi connectivity index (χ2n) is 7.50. The molecule has 3 rings (SSSR count). The van der Waals surface area contributed by atoms with Crippen LogP contribution in [0.2, 0.25) is 0 Å². The maximum atomic E-state index is 13.0. The Labute approximate surface area is 139 Å². The van der Waals surface area contributed by atoms with Gasteiger partial charge in [-0.25, -0.2) is 0 Å². The summed E-state index contributed by atoms with van der Waals surface area (Å²) < 4.78 is 5.52. The molecule has 2 amide bonds. The molecule has 3 fully saturated rings. The van der Waals surface area contributed by atoms with Crippen molar-refractivity contribution in [2.45, 2.75) is 64.3 Å². The van der Waals surface area contributed by atoms with E-state index in [0.717, 1.165) is 32.2 Å². The van der Waals surface area contributed by atoms with Crippen LogP contribution in [-0.4, -0.2) is 49.1 Å². The number of amides is 2. The zero-order valence-electron chi connectivity index (χ0n) is 14.3. The molecular formula is C18H30N2O3. The Bertz CT molecular complexity index is 440. The minimum absolute atomic E-state index is 0.0659. The monoisotopic (exact) mass is 322 g/mol. The van der Waals surface area contributed by atoms with E-state index in [9.17, 15) is 9.59 Å². The lowest BCUT2D eigenvalue weighted by atomic mass is 9.71. The highest BCUT2D eigenvalue weighted by Crippen LogP contribution is 2.44. The highest BCUT2D eigenvalue weighted by atomic mass is 16.5. The van der Waals surface area contributed by atoms with Gasteiger partial charge in [-0.15, -0.1) is 0 Å². The van der Waals surface area contributed by atoms with E-state index in [2.05, 4.69) is 5.32 Å². The fourth-order valence-corrected chi connectivity index (χ4v) is 4.58. The van der Waals surface area contributed by atoms with Gasteiger partial charge in [-0.05, 0) is 25.7 Å². The van der Waals surface area contributed by atoms with E-state index in [0.29, 0.717) is 32.2 Å². The number of carbonyl (C=O) groups excluding carboxylic acids is 2. The van der Waals surface area contributed by atoms with E-state index in [1.807, 2.05) is 11.8 Å². The average Bonchev–Trinajstić information content (AvgIpc) is 2.94. The van der Waals surface area contributed by atoms with Gasteiger partial charge in [0.05, 0.1) is 5.92 Å². The standard InChI is InChI=1S/C18H30N2O3/c1-2-16(21)20-12-15(18(13-20)8-10-23-11-9-18)17(22)19-14-6-4-3-5-7-14/h14-15H,2-13H2,1H3,(H,19,22). The summed E-state index contributed by atoms with van der Waals surface area (Å²) in [4.78, 5) is 27.0. The number of carbonyl (C=O) groups is 2. The van der Waals surface area contributed by atoms with E-state index in [1.165, 1.54) is 19.3 Å². The average molecular weight is 322 g/mol. The van der Waals surface area contributed by atoms with Crippen molar-refractivity contribution in [2.75, 3.05) is 26.3 Å². The van der Waals surface area contributed by atoms with Gasteiger partial charge in [-0.2, -0.15) is 0 Å². The second kappa shape index (κ2) is 7.20. The molecule has 0 aromatic rings. The van der Waals surface area contributed by atoms with Crippen LogP contribution >= 0.6 is 0 Å². The predicted molar refractivity (Wildman–Crippen MR) is 87.9 cm³/mol. The maximum absolute atomic E-state index is 13.0. The van der Waals surface area contributed by atoms with Crippen LogP contribution in [0.3, 0.4) is 0 Å². The fourth-order valence-electron chi connectivity index (χ4n) is 4.58. The van der Waals surface area contributed by atoms with Gasteiger partial charge in [0.2, 0.25) is 11.8 Å². The largest absolute Gasteiger partial charge is 0.381 e. The Morgan fingerprint density at radius 3 is 2.52 bits per heavy atom. The van der Waals surface area contributed by atoms with E-state index in [4.69, 9.17) is 4.74 Å². The number of hydrogen-bond acceptors (Lipinski definition) is 3. The first kappa shape index (κ1) is 16.7. The Hall–Kier alpha value is -1.10. The minimum atomic E-state index is -0.0676. The summed E-state index contributed by atoms with van der Waals surface area (Å²) in [6, 6.07) is 0.337. The highest BCUT2D eigenvalue weighted by molar-refractivity contribution is 5.83. The quantitative estimate of drug-likeness (QED) is 0.866. The molecule has 0 bridgehead atoms. The maximum Gasteiger partial charge on any atom is 0.225 e. The van der Waals surface area contributed by atoms with Crippen LogP contribution in [0, 0.1) is 11.3 Å². The fraction of sp³-hybridized carbons (Fsp3) is 0.889. The topological polar surface area (TPSA) is 58.6 Å². The summed E-state index contributed by atoms with van der Waals surface area (Å²) >= 11 is 0. The zero-order chi connectivity index (χ0) is 16.3. The van der Waals surface area contributed by atoms with Crippen LogP contribution in [-0.2, 0) is 14.3 Å². The van der Waals surface area contributed by atoms with Gasteiger partial charge in [-0.3, -0.25) is 9.59 Å². The third kappa shape index (κ3) is 3.54. The van der Waals surface area contributed by atoms with E-state index in [-0.39, 0.29) is 23.1 Å². The summed E-state index contributed by atoms with van der Waals surface area (Å²) in [7, 11) is 0. The Morgan fingerprint density at radius 2 is 1.87 bits per heavy atom. The summed E-state index contributed by atoms with van der Waals surface area (Å²) in [5.74, 6) is 0.276. The lowest BCUT2D eigenvalue weighted by Gasteiger charge is -2.37. The van der Waals surface area contributed by atoms with Gasteiger partial charge >= 0.3 is 0 Å². The van der Waals surface area contributed by atoms with Crippen molar-refractivity contribution >= 4 is 11.8 Å². The summed E-state index contributed by atoms with van der Waals surface area (Å²) in [5.41, 5.74) is -0.0676. The minimum Gasteiger partial charge on any atom is -0.381 e. The molecule has 1 spiro atoms. The molecule has 1 N–H and O–H groups in total. The van der Waals surface area contributed by atoms with E-state index < -0.39 is 0 Å². The molecule has 1 aliphatic carbocycles. The SMILES string of the molecule is CCC(=O)N1CC(C(=O)NC2CCCCC2)C2(CCOCC2)C1. The number of likely N-dealkylation sites (tertiary alicyclic amines) is 1. The Balaban J connectivity index is 1.70. The van der Waals surface area contributed by atoms with Crippen LogP contribution < -0.4 is 5.32 Å². The third-order valence-corrected chi connectivity index (χ3v) is 6.06. The first-order valence-corrected chi connectivity index (χ1v) is 9.30. The molecule has 2 aliphatic heterocycles. The van der Waals surface area contributed by atoms with Crippen molar-refractivity contribution in [1.29, 1.82) is 0 Å². The Morgan fingerprint density at radius 1 is 1.17 bits per heavy atom. The van der Waals surface area contributed by atoms with Gasteiger partial charge in [0.25, 0.3) is 0 Å². The lowest BCUT2D eigenvalue weighted by Crippen LogP contribution is -2.47. The lowest BCUT2D eigenvalue weighted by molar-refractivity contribution is -0.130. The van der Waals surface area contributed by atoms with Gasteiger partial charge < -0.3 is 15.0 Å². The molecule has 1 saturated carbocycles. The van der Waals surface area contributed by atoms with Crippen molar-refractivity contribution in [3.63, 3.8) is 0 Å². The van der Waals surface area contributed by atoms with Crippen molar-refractivity contribution in [1.82, 2.24) is 10.2 Å². The van der Waals surface area contributed by atoms with Crippen LogP contribution in [0.25, 0.3) is 0 Å². The molecule has 2 heterocycles. The molecule has 0 aromatic carbocycles. The molecule has 0 radical (unpaired) electrons. The van der Waals surface area contributed by atoms with E-state index >= 15 is 0 Å². The number of nitrogens with zero attached hydrogens (tertiary/aromatic N) is 1.